The minimum Gasteiger partial charge on any atom is -0.417 e. The molecule has 2 aromatic carbocycles. The average molecular weight is 365 g/mol. The number of nitrogens with two attached hydrogens (primary N) is 1. The van der Waals surface area contributed by atoms with Gasteiger partial charge in [-0.15, -0.1) is 0 Å². The van der Waals surface area contributed by atoms with E-state index in [-0.39, 0.29) is 13.2 Å². The zero-order chi connectivity index (χ0) is 19.3. The van der Waals surface area contributed by atoms with Crippen molar-refractivity contribution in [3.63, 3.8) is 0 Å². The van der Waals surface area contributed by atoms with Crippen LogP contribution >= 0.6 is 0 Å². The SMILES string of the molecule is CN=C(N)C(=N)OC(=N)c1ccccc1Nc1ccc(C(F)(F)F)cc1.[HH]. The quantitative estimate of drug-likeness (QED) is 0.488. The van der Waals surface area contributed by atoms with Crippen LogP contribution in [0.25, 0.3) is 0 Å². The smallest absolute Gasteiger partial charge is 0.416 e. The van der Waals surface area contributed by atoms with Crippen LogP contribution in [0.3, 0.4) is 0 Å². The van der Waals surface area contributed by atoms with E-state index in [0.29, 0.717) is 16.9 Å². The van der Waals surface area contributed by atoms with Gasteiger partial charge in [0.25, 0.3) is 5.90 Å². The van der Waals surface area contributed by atoms with E-state index in [4.69, 9.17) is 21.3 Å². The van der Waals surface area contributed by atoms with Gasteiger partial charge in [0.05, 0.1) is 16.8 Å². The summed E-state index contributed by atoms with van der Waals surface area (Å²) in [4.78, 5) is 3.59. The summed E-state index contributed by atoms with van der Waals surface area (Å²) in [6, 6.07) is 11.0. The number of alkyl halides is 3. The number of ether oxygens (including phenoxy) is 1. The lowest BCUT2D eigenvalue weighted by Crippen LogP contribution is -2.27. The number of benzene rings is 2. The summed E-state index contributed by atoms with van der Waals surface area (Å²) in [5.74, 6) is -0.985. The molecular formula is C17H18F3N5O. The Balaban J connectivity index is 0.00000364. The summed E-state index contributed by atoms with van der Waals surface area (Å²) in [5.41, 5.74) is 5.84. The topological polar surface area (TPSA) is 107 Å². The Kier molecular flexibility index (Phi) is 5.61. The first kappa shape index (κ1) is 19.0. The predicted molar refractivity (Wildman–Crippen MR) is 96.5 cm³/mol. The van der Waals surface area contributed by atoms with Crippen molar-refractivity contribution in [2.24, 2.45) is 10.7 Å². The molecule has 138 valence electrons. The normalized spacial score (nSPS) is 11.8. The Morgan fingerprint density at radius 2 is 1.73 bits per heavy atom. The number of aliphatic imine (C=N–C) groups is 1. The Bertz CT molecular complexity index is 850. The second kappa shape index (κ2) is 7.68. The van der Waals surface area contributed by atoms with Crippen molar-refractivity contribution in [1.29, 1.82) is 10.8 Å². The van der Waals surface area contributed by atoms with Crippen LogP contribution in [0.15, 0.2) is 53.5 Å². The van der Waals surface area contributed by atoms with Crippen LogP contribution in [-0.4, -0.2) is 24.7 Å². The van der Waals surface area contributed by atoms with Gasteiger partial charge in [-0.2, -0.15) is 13.2 Å². The zero-order valence-electron chi connectivity index (χ0n) is 13.7. The van der Waals surface area contributed by atoms with Crippen LogP contribution in [0.4, 0.5) is 24.5 Å². The molecule has 0 bridgehead atoms. The molecule has 0 amide bonds. The maximum absolute atomic E-state index is 12.6. The van der Waals surface area contributed by atoms with Gasteiger partial charge in [-0.05, 0) is 36.4 Å². The molecule has 0 saturated carbocycles. The molecule has 0 unspecified atom stereocenters. The number of amidine groups is 1. The largest absolute Gasteiger partial charge is 0.417 e. The van der Waals surface area contributed by atoms with Gasteiger partial charge < -0.3 is 15.8 Å². The first-order valence-corrected chi connectivity index (χ1v) is 7.33. The van der Waals surface area contributed by atoms with E-state index < -0.39 is 17.6 Å². The van der Waals surface area contributed by atoms with Crippen LogP contribution in [0.2, 0.25) is 0 Å². The number of hydrogen-bond donors (Lipinski definition) is 4. The minimum atomic E-state index is -4.41. The molecule has 0 heterocycles. The van der Waals surface area contributed by atoms with E-state index in [2.05, 4.69) is 10.3 Å². The van der Waals surface area contributed by atoms with Crippen LogP contribution in [0.1, 0.15) is 12.6 Å². The van der Waals surface area contributed by atoms with Gasteiger partial charge in [0.1, 0.15) is 0 Å². The van der Waals surface area contributed by atoms with Gasteiger partial charge in [0.2, 0.25) is 5.90 Å². The van der Waals surface area contributed by atoms with Gasteiger partial charge in [-0.25, -0.2) is 0 Å². The molecule has 9 heteroatoms. The van der Waals surface area contributed by atoms with Crippen molar-refractivity contribution in [3.05, 3.63) is 59.7 Å². The molecule has 0 atom stereocenters. The molecule has 0 aliphatic heterocycles. The molecule has 2 rings (SSSR count). The monoisotopic (exact) mass is 365 g/mol. The molecule has 0 radical (unpaired) electrons. The summed E-state index contributed by atoms with van der Waals surface area (Å²) in [6.45, 7) is 0. The first-order chi connectivity index (χ1) is 12.2. The summed E-state index contributed by atoms with van der Waals surface area (Å²) in [5, 5.41) is 18.5. The van der Waals surface area contributed by atoms with Crippen molar-refractivity contribution in [1.82, 2.24) is 0 Å². The fourth-order valence-electron chi connectivity index (χ4n) is 2.00. The third-order valence-corrected chi connectivity index (χ3v) is 3.34. The van der Waals surface area contributed by atoms with Gasteiger partial charge >= 0.3 is 6.18 Å². The van der Waals surface area contributed by atoms with Crippen molar-refractivity contribution < 1.29 is 19.3 Å². The molecule has 5 N–H and O–H groups in total. The molecule has 0 aliphatic rings. The number of rotatable bonds is 3. The highest BCUT2D eigenvalue weighted by Crippen LogP contribution is 2.30. The maximum Gasteiger partial charge on any atom is 0.416 e. The molecule has 0 spiro atoms. The number of nitrogens with one attached hydrogen (secondary N) is 3. The van der Waals surface area contributed by atoms with E-state index in [9.17, 15) is 13.2 Å². The van der Waals surface area contributed by atoms with Gasteiger partial charge in [0, 0.05) is 14.2 Å². The third kappa shape index (κ3) is 4.59. The third-order valence-electron chi connectivity index (χ3n) is 3.34. The fraction of sp³-hybridized carbons (Fsp3) is 0.118. The lowest BCUT2D eigenvalue weighted by Gasteiger charge is -2.14. The Labute approximate surface area is 149 Å². The van der Waals surface area contributed by atoms with E-state index in [1.54, 1.807) is 24.3 Å². The number of halogens is 3. The molecule has 0 saturated heterocycles. The van der Waals surface area contributed by atoms with Crippen molar-refractivity contribution in [3.8, 4) is 0 Å². The number of nitrogens with zero attached hydrogens (tertiary/aromatic N) is 1. The highest BCUT2D eigenvalue weighted by atomic mass is 19.4. The minimum absolute atomic E-state index is 0. The average Bonchev–Trinajstić information content (AvgIpc) is 2.61. The highest BCUT2D eigenvalue weighted by molar-refractivity contribution is 6.38. The fourth-order valence-corrected chi connectivity index (χ4v) is 2.00. The van der Waals surface area contributed by atoms with Crippen LogP contribution < -0.4 is 11.1 Å². The Morgan fingerprint density at radius 3 is 2.31 bits per heavy atom. The van der Waals surface area contributed by atoms with E-state index in [1.165, 1.54) is 19.2 Å². The molecule has 2 aromatic rings. The number of anilines is 2. The molecular weight excluding hydrogens is 347 g/mol. The van der Waals surface area contributed by atoms with E-state index in [0.717, 1.165) is 12.1 Å². The summed E-state index contributed by atoms with van der Waals surface area (Å²) in [7, 11) is 1.39. The first-order valence-electron chi connectivity index (χ1n) is 7.33. The molecule has 0 aromatic heterocycles. The zero-order valence-corrected chi connectivity index (χ0v) is 13.7. The van der Waals surface area contributed by atoms with Crippen molar-refractivity contribution >= 4 is 29.0 Å². The Hall–Kier alpha value is -3.36. The lowest BCUT2D eigenvalue weighted by molar-refractivity contribution is -0.137. The standard InChI is InChI=1S/C17H16F3N5O.H2/c1-24-14(21)16(23)26-15(22)12-4-2-3-5-13(12)25-11-8-6-10(7-9-11)17(18,19)20;/h2-9,22-23,25H,1H3,(H2,21,24);1H. The summed E-state index contributed by atoms with van der Waals surface area (Å²) < 4.78 is 42.9. The summed E-state index contributed by atoms with van der Waals surface area (Å²) >= 11 is 0. The maximum atomic E-state index is 12.6. The molecule has 6 nitrogen and oxygen atoms in total. The number of hydrogen-bond acceptors (Lipinski definition) is 5. The van der Waals surface area contributed by atoms with Crippen molar-refractivity contribution in [2.75, 3.05) is 12.4 Å². The van der Waals surface area contributed by atoms with E-state index >= 15 is 0 Å². The lowest BCUT2D eigenvalue weighted by atomic mass is 10.1. The highest BCUT2D eigenvalue weighted by Gasteiger charge is 2.29. The van der Waals surface area contributed by atoms with Gasteiger partial charge in [-0.3, -0.25) is 15.8 Å². The Morgan fingerprint density at radius 1 is 1.12 bits per heavy atom. The van der Waals surface area contributed by atoms with Gasteiger partial charge in [-0.1, -0.05) is 12.1 Å². The summed E-state index contributed by atoms with van der Waals surface area (Å²) in [6.07, 6.45) is -4.41. The van der Waals surface area contributed by atoms with Crippen LogP contribution in [0.5, 0.6) is 0 Å². The molecule has 0 fully saturated rings. The molecule has 26 heavy (non-hydrogen) atoms. The second-order valence-electron chi connectivity index (χ2n) is 5.11. The van der Waals surface area contributed by atoms with Gasteiger partial charge in [0.15, 0.2) is 5.84 Å². The number of para-hydroxylation sites is 1. The molecule has 0 aliphatic carbocycles. The van der Waals surface area contributed by atoms with Crippen molar-refractivity contribution in [2.45, 2.75) is 6.18 Å². The van der Waals surface area contributed by atoms with E-state index in [1.807, 2.05) is 0 Å². The predicted octanol–water partition coefficient (Wildman–Crippen LogP) is 4.00. The van der Waals surface area contributed by atoms with Crippen LogP contribution in [0, 0.1) is 10.8 Å². The second-order valence-corrected chi connectivity index (χ2v) is 5.11. The van der Waals surface area contributed by atoms with Crippen LogP contribution in [-0.2, 0) is 10.9 Å².